The molecule has 0 aromatic carbocycles. The van der Waals surface area contributed by atoms with Gasteiger partial charge in [0.05, 0.1) is 17.5 Å². The number of hydrogen-bond acceptors (Lipinski definition) is 3. The van der Waals surface area contributed by atoms with Crippen molar-refractivity contribution in [2.24, 2.45) is 0 Å². The number of pyridine rings is 1. The summed E-state index contributed by atoms with van der Waals surface area (Å²) in [7, 11) is 0. The first-order valence-corrected chi connectivity index (χ1v) is 7.02. The van der Waals surface area contributed by atoms with Gasteiger partial charge in [0, 0.05) is 19.1 Å². The Morgan fingerprint density at radius 3 is 2.95 bits per heavy atom. The van der Waals surface area contributed by atoms with Crippen LogP contribution in [0.1, 0.15) is 12.1 Å². The molecule has 1 amide bonds. The van der Waals surface area contributed by atoms with Crippen LogP contribution in [0.25, 0.3) is 5.70 Å². The highest BCUT2D eigenvalue weighted by molar-refractivity contribution is 8.00. The van der Waals surface area contributed by atoms with Crippen LogP contribution in [0.15, 0.2) is 30.1 Å². The minimum atomic E-state index is -1.04. The van der Waals surface area contributed by atoms with Crippen molar-refractivity contribution in [1.29, 1.82) is 0 Å². The summed E-state index contributed by atoms with van der Waals surface area (Å²) in [5.41, 5.74) is 1.74. The first kappa shape index (κ1) is 12.2. The molecule has 0 spiro atoms. The Bertz CT molecular complexity index is 612. The van der Waals surface area contributed by atoms with Gasteiger partial charge in [0.1, 0.15) is 0 Å². The van der Waals surface area contributed by atoms with Crippen molar-refractivity contribution in [3.63, 3.8) is 0 Å². The van der Waals surface area contributed by atoms with E-state index in [1.165, 1.54) is 4.90 Å². The molecule has 1 aromatic heterocycles. The van der Waals surface area contributed by atoms with Crippen molar-refractivity contribution < 1.29 is 19.3 Å². The van der Waals surface area contributed by atoms with Crippen LogP contribution in [0, 0.1) is 6.92 Å². The van der Waals surface area contributed by atoms with Crippen molar-refractivity contribution in [3.05, 3.63) is 35.8 Å². The third-order valence-corrected chi connectivity index (χ3v) is 4.59. The molecule has 3 rings (SSSR count). The van der Waals surface area contributed by atoms with E-state index in [2.05, 4.69) is 0 Å². The molecule has 1 N–H and O–H groups in total. The van der Waals surface area contributed by atoms with Crippen LogP contribution < -0.4 is 4.57 Å². The van der Waals surface area contributed by atoms with Gasteiger partial charge in [-0.25, -0.2) is 4.79 Å². The van der Waals surface area contributed by atoms with Gasteiger partial charge in [-0.2, -0.15) is 4.57 Å². The first-order valence-electron chi connectivity index (χ1n) is 5.97. The van der Waals surface area contributed by atoms with Crippen molar-refractivity contribution >= 4 is 29.3 Å². The van der Waals surface area contributed by atoms with E-state index in [9.17, 15) is 14.7 Å². The van der Waals surface area contributed by atoms with Crippen LogP contribution in [0.3, 0.4) is 0 Å². The Hall–Kier alpha value is -1.82. The van der Waals surface area contributed by atoms with E-state index in [4.69, 9.17) is 0 Å². The average Bonchev–Trinajstić information content (AvgIpc) is 2.37. The molecule has 5 nitrogen and oxygen atoms in total. The van der Waals surface area contributed by atoms with E-state index in [0.29, 0.717) is 17.9 Å². The van der Waals surface area contributed by atoms with Crippen molar-refractivity contribution in [3.8, 4) is 0 Å². The molecule has 0 radical (unpaired) electrons. The van der Waals surface area contributed by atoms with Crippen LogP contribution in [0.5, 0.6) is 0 Å². The second-order valence-electron chi connectivity index (χ2n) is 4.55. The molecule has 1 saturated heterocycles. The summed E-state index contributed by atoms with van der Waals surface area (Å²) in [6.45, 7) is 1.92. The van der Waals surface area contributed by atoms with Gasteiger partial charge in [-0.15, -0.1) is 11.8 Å². The standard InChI is InChI=1S/C13H12N2O3S/c1-8-4-2-3-5-14(8)9-7-19-11-6-10(16)15(11)12(9)13(17)18/h2-5,11H,6-7H2,1H3/p+1/t11-/m1/s1. The lowest BCUT2D eigenvalue weighted by Crippen LogP contribution is -2.56. The fraction of sp³-hybridized carbons (Fsp3) is 0.308. The number of carbonyl (C=O) groups is 2. The highest BCUT2D eigenvalue weighted by atomic mass is 32.2. The summed E-state index contributed by atoms with van der Waals surface area (Å²) >= 11 is 1.61. The predicted molar refractivity (Wildman–Crippen MR) is 69.9 cm³/mol. The normalized spacial score (nSPS) is 22.1. The highest BCUT2D eigenvalue weighted by Gasteiger charge is 2.48. The monoisotopic (exact) mass is 277 g/mol. The third kappa shape index (κ3) is 1.83. The minimum Gasteiger partial charge on any atom is -0.476 e. The number of aryl methyl sites for hydroxylation is 1. The summed E-state index contributed by atoms with van der Waals surface area (Å²) in [6, 6.07) is 5.68. The van der Waals surface area contributed by atoms with Gasteiger partial charge in [-0.05, 0) is 0 Å². The molecule has 0 saturated carbocycles. The second-order valence-corrected chi connectivity index (χ2v) is 5.71. The number of amides is 1. The average molecular weight is 277 g/mol. The van der Waals surface area contributed by atoms with Crippen LogP contribution >= 0.6 is 11.8 Å². The van der Waals surface area contributed by atoms with E-state index >= 15 is 0 Å². The number of nitrogens with zero attached hydrogens (tertiary/aromatic N) is 2. The predicted octanol–water partition coefficient (Wildman–Crippen LogP) is 0.841. The van der Waals surface area contributed by atoms with E-state index in [0.717, 1.165) is 5.69 Å². The van der Waals surface area contributed by atoms with Gasteiger partial charge < -0.3 is 5.11 Å². The van der Waals surface area contributed by atoms with Gasteiger partial charge in [0.25, 0.3) is 0 Å². The zero-order chi connectivity index (χ0) is 13.6. The molecule has 0 unspecified atom stereocenters. The van der Waals surface area contributed by atoms with Gasteiger partial charge in [0.2, 0.25) is 11.6 Å². The van der Waals surface area contributed by atoms with Gasteiger partial charge in [-0.1, -0.05) is 6.07 Å². The number of fused-ring (bicyclic) bond motifs is 1. The van der Waals surface area contributed by atoms with Crippen molar-refractivity contribution in [2.75, 3.05) is 5.75 Å². The number of rotatable bonds is 2. The number of carbonyl (C=O) groups excluding carboxylic acids is 1. The molecular weight excluding hydrogens is 264 g/mol. The third-order valence-electron chi connectivity index (χ3n) is 3.39. The largest absolute Gasteiger partial charge is 0.476 e. The van der Waals surface area contributed by atoms with Crippen molar-refractivity contribution in [2.45, 2.75) is 18.7 Å². The summed E-state index contributed by atoms with van der Waals surface area (Å²) in [5, 5.41) is 9.42. The maximum Gasteiger partial charge on any atom is 0.359 e. The summed E-state index contributed by atoms with van der Waals surface area (Å²) < 4.78 is 1.85. The number of β-lactam (4-membered cyclic amide) rings is 1. The maximum atomic E-state index is 11.6. The van der Waals surface area contributed by atoms with Crippen LogP contribution in [-0.2, 0) is 9.59 Å². The van der Waals surface area contributed by atoms with E-state index in [-0.39, 0.29) is 17.0 Å². The molecule has 1 fully saturated rings. The summed E-state index contributed by atoms with van der Waals surface area (Å²) in [6.07, 6.45) is 2.27. The van der Waals surface area contributed by atoms with Crippen LogP contribution in [0.4, 0.5) is 0 Å². The zero-order valence-corrected chi connectivity index (χ0v) is 11.2. The maximum absolute atomic E-state index is 11.6. The molecule has 2 aliphatic rings. The van der Waals surface area contributed by atoms with Crippen LogP contribution in [-0.4, -0.2) is 33.0 Å². The number of aliphatic carboxylic acids is 1. The molecular formula is C13H13N2O3S+. The first-order chi connectivity index (χ1) is 9.09. The lowest BCUT2D eigenvalue weighted by atomic mass is 10.1. The van der Waals surface area contributed by atoms with Gasteiger partial charge in [-0.3, -0.25) is 9.69 Å². The quantitative estimate of drug-likeness (QED) is 0.643. The second kappa shape index (κ2) is 4.38. The molecule has 3 heterocycles. The fourth-order valence-corrected chi connectivity index (χ4v) is 3.67. The Morgan fingerprint density at radius 2 is 2.32 bits per heavy atom. The molecule has 1 aromatic rings. The smallest absolute Gasteiger partial charge is 0.359 e. The fourth-order valence-electron chi connectivity index (χ4n) is 2.41. The van der Waals surface area contributed by atoms with Gasteiger partial charge >= 0.3 is 5.97 Å². The number of carboxylic acids is 1. The molecule has 0 aliphatic carbocycles. The SMILES string of the molecule is Cc1cccc[n+]1C1=C(C(=O)O)N2C(=O)C[C@H]2SC1. The zero-order valence-electron chi connectivity index (χ0n) is 10.4. The number of carboxylic acid groups (broad SMARTS) is 1. The summed E-state index contributed by atoms with van der Waals surface area (Å²) in [5.74, 6) is -0.545. The Labute approximate surface area is 114 Å². The number of hydrogen-bond donors (Lipinski definition) is 1. The highest BCUT2D eigenvalue weighted by Crippen LogP contribution is 2.39. The lowest BCUT2D eigenvalue weighted by molar-refractivity contribution is -0.589. The molecule has 0 bridgehead atoms. The Balaban J connectivity index is 2.16. The molecule has 19 heavy (non-hydrogen) atoms. The van der Waals surface area contributed by atoms with E-state index in [1.54, 1.807) is 11.8 Å². The molecule has 1 atom stereocenters. The number of thioether (sulfide) groups is 1. The lowest BCUT2D eigenvalue weighted by Gasteiger charge is -2.42. The molecule has 98 valence electrons. The molecule has 2 aliphatic heterocycles. The van der Waals surface area contributed by atoms with Crippen molar-refractivity contribution in [1.82, 2.24) is 4.90 Å². The minimum absolute atomic E-state index is 0.00744. The van der Waals surface area contributed by atoms with E-state index < -0.39 is 5.97 Å². The van der Waals surface area contributed by atoms with Gasteiger partial charge in [0.15, 0.2) is 17.6 Å². The Kier molecular flexibility index (Phi) is 2.82. The van der Waals surface area contributed by atoms with Crippen LogP contribution in [0.2, 0.25) is 0 Å². The molecule has 6 heteroatoms. The Morgan fingerprint density at radius 1 is 1.53 bits per heavy atom. The van der Waals surface area contributed by atoms with E-state index in [1.807, 2.05) is 35.9 Å². The number of aromatic nitrogens is 1. The topological polar surface area (TPSA) is 61.5 Å². The summed E-state index contributed by atoms with van der Waals surface area (Å²) in [4.78, 5) is 24.6.